The maximum atomic E-state index is 4.54. The van der Waals surface area contributed by atoms with Gasteiger partial charge in [0, 0.05) is 30.7 Å². The van der Waals surface area contributed by atoms with Crippen LogP contribution >= 0.6 is 0 Å². The highest BCUT2D eigenvalue weighted by Crippen LogP contribution is 2.31. The van der Waals surface area contributed by atoms with Crippen LogP contribution in [0.1, 0.15) is 29.5 Å². The summed E-state index contributed by atoms with van der Waals surface area (Å²) in [5, 5.41) is 1.26. The summed E-state index contributed by atoms with van der Waals surface area (Å²) in [5.74, 6) is 0.383. The second-order valence-corrected chi connectivity index (χ2v) is 5.21. The number of hydrogen-bond acceptors (Lipinski definition) is 1. The molecule has 3 rings (SSSR count). The van der Waals surface area contributed by atoms with Crippen LogP contribution in [0.5, 0.6) is 0 Å². The van der Waals surface area contributed by atoms with Crippen molar-refractivity contribution in [1.82, 2.24) is 9.55 Å². The molecule has 1 atom stereocenters. The van der Waals surface area contributed by atoms with Gasteiger partial charge < -0.3 is 4.57 Å². The number of aromatic nitrogens is 2. The Morgan fingerprint density at radius 2 is 1.89 bits per heavy atom. The highest BCUT2D eigenvalue weighted by atomic mass is 15.0. The van der Waals surface area contributed by atoms with Gasteiger partial charge in [0.1, 0.15) is 5.65 Å². The SMILES string of the molecule is Cc1cnc2c(c1)c([C@@H](C)c1ccccc1)cn2C. The van der Waals surface area contributed by atoms with Gasteiger partial charge >= 0.3 is 0 Å². The summed E-state index contributed by atoms with van der Waals surface area (Å²) in [7, 11) is 2.06. The van der Waals surface area contributed by atoms with Crippen LogP contribution in [0.15, 0.2) is 48.8 Å². The Labute approximate surface area is 113 Å². The maximum Gasteiger partial charge on any atom is 0.139 e. The Hall–Kier alpha value is -2.09. The molecule has 3 aromatic rings. The van der Waals surface area contributed by atoms with Crippen LogP contribution in [0.3, 0.4) is 0 Å². The third-order valence-corrected chi connectivity index (χ3v) is 3.75. The van der Waals surface area contributed by atoms with E-state index in [-0.39, 0.29) is 0 Å². The molecule has 1 aromatic carbocycles. The predicted octanol–water partition coefficient (Wildman–Crippen LogP) is 4.03. The van der Waals surface area contributed by atoms with E-state index in [1.807, 2.05) is 6.20 Å². The van der Waals surface area contributed by atoms with E-state index in [2.05, 4.69) is 73.0 Å². The summed E-state index contributed by atoms with van der Waals surface area (Å²) in [6.07, 6.45) is 4.13. The molecule has 0 aliphatic heterocycles. The molecule has 0 radical (unpaired) electrons. The zero-order chi connectivity index (χ0) is 13.4. The highest BCUT2D eigenvalue weighted by molar-refractivity contribution is 5.82. The number of pyridine rings is 1. The average Bonchev–Trinajstić information content (AvgIpc) is 2.75. The van der Waals surface area contributed by atoms with Gasteiger partial charge in [-0.15, -0.1) is 0 Å². The number of hydrogen-bond donors (Lipinski definition) is 0. The molecule has 2 heterocycles. The summed E-state index contributed by atoms with van der Waals surface area (Å²) in [4.78, 5) is 4.54. The van der Waals surface area contributed by atoms with Gasteiger partial charge in [-0.3, -0.25) is 0 Å². The Morgan fingerprint density at radius 1 is 1.16 bits per heavy atom. The van der Waals surface area contributed by atoms with Gasteiger partial charge in [0.05, 0.1) is 0 Å². The van der Waals surface area contributed by atoms with Gasteiger partial charge in [-0.05, 0) is 29.7 Å². The van der Waals surface area contributed by atoms with Crippen molar-refractivity contribution in [2.45, 2.75) is 19.8 Å². The van der Waals surface area contributed by atoms with Gasteiger partial charge in [-0.2, -0.15) is 0 Å². The van der Waals surface area contributed by atoms with E-state index in [0.29, 0.717) is 5.92 Å². The molecule has 0 spiro atoms. The molecule has 0 amide bonds. The van der Waals surface area contributed by atoms with Crippen molar-refractivity contribution >= 4 is 11.0 Å². The molecule has 19 heavy (non-hydrogen) atoms. The number of nitrogens with zero attached hydrogens (tertiary/aromatic N) is 2. The van der Waals surface area contributed by atoms with Crippen LogP contribution in [0, 0.1) is 6.92 Å². The largest absolute Gasteiger partial charge is 0.335 e. The van der Waals surface area contributed by atoms with Crippen molar-refractivity contribution in [2.75, 3.05) is 0 Å². The van der Waals surface area contributed by atoms with Crippen LogP contribution < -0.4 is 0 Å². The number of aryl methyl sites for hydroxylation is 2. The summed E-state index contributed by atoms with van der Waals surface area (Å²) < 4.78 is 2.11. The molecule has 0 saturated carbocycles. The second kappa shape index (κ2) is 4.54. The van der Waals surface area contributed by atoms with Gasteiger partial charge in [-0.1, -0.05) is 37.3 Å². The zero-order valence-electron chi connectivity index (χ0n) is 11.6. The van der Waals surface area contributed by atoms with Crippen molar-refractivity contribution in [3.8, 4) is 0 Å². The summed E-state index contributed by atoms with van der Waals surface area (Å²) in [6.45, 7) is 4.35. The topological polar surface area (TPSA) is 17.8 Å². The van der Waals surface area contributed by atoms with E-state index in [1.54, 1.807) is 0 Å². The van der Waals surface area contributed by atoms with E-state index in [1.165, 1.54) is 22.1 Å². The average molecular weight is 250 g/mol. The minimum Gasteiger partial charge on any atom is -0.335 e. The predicted molar refractivity (Wildman–Crippen MR) is 79.4 cm³/mol. The van der Waals surface area contributed by atoms with Crippen LogP contribution in [0.4, 0.5) is 0 Å². The number of benzene rings is 1. The standard InChI is InChI=1S/C17H18N2/c1-12-9-15-16(11-19(3)17(15)18-10-12)13(2)14-7-5-4-6-8-14/h4-11,13H,1-3H3/t13-/m0/s1. The molecular formula is C17H18N2. The van der Waals surface area contributed by atoms with Gasteiger partial charge in [0.25, 0.3) is 0 Å². The maximum absolute atomic E-state index is 4.54. The molecular weight excluding hydrogens is 232 g/mol. The molecule has 0 N–H and O–H groups in total. The minimum atomic E-state index is 0.383. The molecule has 2 heteroatoms. The minimum absolute atomic E-state index is 0.383. The van der Waals surface area contributed by atoms with E-state index in [4.69, 9.17) is 0 Å². The molecule has 0 aliphatic carbocycles. The first-order chi connectivity index (χ1) is 9.16. The molecule has 0 fully saturated rings. The van der Waals surface area contributed by atoms with Crippen LogP contribution in [-0.2, 0) is 7.05 Å². The molecule has 96 valence electrons. The van der Waals surface area contributed by atoms with Crippen LogP contribution in [0.25, 0.3) is 11.0 Å². The first-order valence-electron chi connectivity index (χ1n) is 6.63. The Balaban J connectivity index is 2.17. The van der Waals surface area contributed by atoms with Crippen molar-refractivity contribution < 1.29 is 0 Å². The lowest BCUT2D eigenvalue weighted by molar-refractivity contribution is 0.894. The van der Waals surface area contributed by atoms with E-state index in [9.17, 15) is 0 Å². The first kappa shape index (κ1) is 12.0. The smallest absolute Gasteiger partial charge is 0.139 e. The number of fused-ring (bicyclic) bond motifs is 1. The zero-order valence-corrected chi connectivity index (χ0v) is 11.6. The Bertz CT molecular complexity index is 711. The molecule has 0 unspecified atom stereocenters. The lowest BCUT2D eigenvalue weighted by atomic mass is 9.93. The van der Waals surface area contributed by atoms with Crippen LogP contribution in [-0.4, -0.2) is 9.55 Å². The second-order valence-electron chi connectivity index (χ2n) is 5.21. The summed E-state index contributed by atoms with van der Waals surface area (Å²) >= 11 is 0. The van der Waals surface area contributed by atoms with Crippen molar-refractivity contribution in [1.29, 1.82) is 0 Å². The monoisotopic (exact) mass is 250 g/mol. The van der Waals surface area contributed by atoms with E-state index >= 15 is 0 Å². The van der Waals surface area contributed by atoms with E-state index in [0.717, 1.165) is 5.65 Å². The third kappa shape index (κ3) is 2.03. The Morgan fingerprint density at radius 3 is 2.63 bits per heavy atom. The van der Waals surface area contributed by atoms with E-state index < -0.39 is 0 Å². The number of rotatable bonds is 2. The summed E-state index contributed by atoms with van der Waals surface area (Å²) in [5.41, 5.74) is 4.96. The lowest BCUT2D eigenvalue weighted by Gasteiger charge is -2.11. The fourth-order valence-electron chi connectivity index (χ4n) is 2.66. The fourth-order valence-corrected chi connectivity index (χ4v) is 2.66. The molecule has 2 nitrogen and oxygen atoms in total. The normalized spacial score (nSPS) is 12.8. The van der Waals surface area contributed by atoms with Gasteiger partial charge in [-0.25, -0.2) is 4.98 Å². The molecule has 2 aromatic heterocycles. The molecule has 0 bridgehead atoms. The van der Waals surface area contributed by atoms with Crippen molar-refractivity contribution in [3.05, 3.63) is 65.5 Å². The lowest BCUT2D eigenvalue weighted by Crippen LogP contribution is -1.94. The van der Waals surface area contributed by atoms with Crippen molar-refractivity contribution in [2.24, 2.45) is 7.05 Å². The highest BCUT2D eigenvalue weighted by Gasteiger charge is 2.15. The molecule has 0 saturated heterocycles. The third-order valence-electron chi connectivity index (χ3n) is 3.75. The van der Waals surface area contributed by atoms with Gasteiger partial charge in [0.15, 0.2) is 0 Å². The first-order valence-corrected chi connectivity index (χ1v) is 6.63. The Kier molecular flexibility index (Phi) is 2.86. The van der Waals surface area contributed by atoms with Gasteiger partial charge in [0.2, 0.25) is 0 Å². The van der Waals surface area contributed by atoms with Crippen molar-refractivity contribution in [3.63, 3.8) is 0 Å². The summed E-state index contributed by atoms with van der Waals surface area (Å²) in [6, 6.07) is 12.9. The quantitative estimate of drug-likeness (QED) is 0.671. The fraction of sp³-hybridized carbons (Fsp3) is 0.235. The molecule has 0 aliphatic rings. The van der Waals surface area contributed by atoms with Crippen LogP contribution in [0.2, 0.25) is 0 Å².